The highest BCUT2D eigenvalue weighted by molar-refractivity contribution is 6.07. The summed E-state index contributed by atoms with van der Waals surface area (Å²) in [7, 11) is 0. The van der Waals surface area contributed by atoms with E-state index in [1.807, 2.05) is 4.90 Å². The maximum Gasteiger partial charge on any atom is 0.255 e. The molecule has 0 radical (unpaired) electrons. The van der Waals surface area contributed by atoms with Crippen molar-refractivity contribution in [3.8, 4) is 0 Å². The monoisotopic (exact) mass is 533 g/mol. The molecule has 8 nitrogen and oxygen atoms in total. The molecular formula is C29H29F2N5O3. The minimum absolute atomic E-state index is 0.120. The second-order valence-electron chi connectivity index (χ2n) is 9.52. The second kappa shape index (κ2) is 11.6. The first-order valence-electron chi connectivity index (χ1n) is 12.9. The number of hydrogen-bond donors (Lipinski definition) is 2. The molecule has 2 heterocycles. The molecule has 0 atom stereocenters. The van der Waals surface area contributed by atoms with Crippen LogP contribution in [0.15, 0.2) is 66.7 Å². The van der Waals surface area contributed by atoms with Crippen LogP contribution in [0.1, 0.15) is 31.1 Å². The third-order valence-electron chi connectivity index (χ3n) is 6.98. The number of anilines is 2. The Hall–Kier alpha value is -4.31. The molecule has 2 aliphatic heterocycles. The number of piperazine rings is 2. The molecule has 2 fully saturated rings. The summed E-state index contributed by atoms with van der Waals surface area (Å²) in [5, 5.41) is 6.13. The van der Waals surface area contributed by atoms with Gasteiger partial charge in [-0.2, -0.15) is 0 Å². The standard InChI is InChI=1S/C29H29F2N5O3/c30-23-7-4-20(5-8-23)27(37)33-25-19-22(29(39)35-12-10-32-11-13-35)6-9-26(25)34-14-16-36(17-15-34)28(38)21-2-1-3-24(31)18-21/h1-9,18-19,32H,10-17H2,(H,33,37). The highest BCUT2D eigenvalue weighted by Gasteiger charge is 2.26. The predicted octanol–water partition coefficient (Wildman–Crippen LogP) is 3.22. The van der Waals surface area contributed by atoms with Gasteiger partial charge in [0.05, 0.1) is 11.4 Å². The molecule has 0 saturated carbocycles. The van der Waals surface area contributed by atoms with Crippen molar-refractivity contribution in [3.05, 3.63) is 95.1 Å². The van der Waals surface area contributed by atoms with E-state index in [4.69, 9.17) is 0 Å². The Balaban J connectivity index is 1.36. The number of rotatable bonds is 5. The average molecular weight is 534 g/mol. The van der Waals surface area contributed by atoms with Crippen molar-refractivity contribution in [2.75, 3.05) is 62.6 Å². The maximum atomic E-state index is 13.6. The van der Waals surface area contributed by atoms with Crippen molar-refractivity contribution in [1.29, 1.82) is 0 Å². The molecule has 2 N–H and O–H groups in total. The Labute approximate surface area is 225 Å². The van der Waals surface area contributed by atoms with Gasteiger partial charge in [-0.25, -0.2) is 8.78 Å². The van der Waals surface area contributed by atoms with Crippen LogP contribution in [0.3, 0.4) is 0 Å². The average Bonchev–Trinajstić information content (AvgIpc) is 2.97. The first kappa shape index (κ1) is 26.3. The van der Waals surface area contributed by atoms with E-state index in [9.17, 15) is 23.2 Å². The third-order valence-corrected chi connectivity index (χ3v) is 6.98. The van der Waals surface area contributed by atoms with Gasteiger partial charge in [0.2, 0.25) is 0 Å². The van der Waals surface area contributed by atoms with Crippen molar-refractivity contribution < 1.29 is 23.2 Å². The van der Waals surface area contributed by atoms with Crippen molar-refractivity contribution >= 4 is 29.1 Å². The lowest BCUT2D eigenvalue weighted by atomic mass is 10.1. The largest absolute Gasteiger partial charge is 0.366 e. The zero-order valence-corrected chi connectivity index (χ0v) is 21.3. The molecule has 0 aromatic heterocycles. The van der Waals surface area contributed by atoms with Crippen molar-refractivity contribution in [2.24, 2.45) is 0 Å². The molecule has 0 aliphatic carbocycles. The Morgan fingerprint density at radius 3 is 1.95 bits per heavy atom. The number of amides is 3. The van der Waals surface area contributed by atoms with Crippen LogP contribution in [0.5, 0.6) is 0 Å². The van der Waals surface area contributed by atoms with E-state index in [0.717, 1.165) is 13.1 Å². The van der Waals surface area contributed by atoms with Crippen LogP contribution in [0.4, 0.5) is 20.2 Å². The topological polar surface area (TPSA) is 85.0 Å². The summed E-state index contributed by atoms with van der Waals surface area (Å²) in [4.78, 5) is 44.5. The highest BCUT2D eigenvalue weighted by atomic mass is 19.1. The normalized spacial score (nSPS) is 15.7. The summed E-state index contributed by atoms with van der Waals surface area (Å²) in [5.41, 5.74) is 2.20. The van der Waals surface area contributed by atoms with Crippen LogP contribution in [-0.2, 0) is 0 Å². The van der Waals surface area contributed by atoms with Gasteiger partial charge >= 0.3 is 0 Å². The van der Waals surface area contributed by atoms with Gasteiger partial charge in [0.15, 0.2) is 0 Å². The van der Waals surface area contributed by atoms with Crippen molar-refractivity contribution in [3.63, 3.8) is 0 Å². The number of nitrogens with one attached hydrogen (secondary N) is 2. The minimum atomic E-state index is -0.462. The summed E-state index contributed by atoms with van der Waals surface area (Å²) in [6.45, 7) is 4.40. The smallest absolute Gasteiger partial charge is 0.255 e. The lowest BCUT2D eigenvalue weighted by Gasteiger charge is -2.37. The van der Waals surface area contributed by atoms with Gasteiger partial charge in [-0.1, -0.05) is 6.07 Å². The molecule has 39 heavy (non-hydrogen) atoms. The zero-order chi connectivity index (χ0) is 27.4. The molecule has 10 heteroatoms. The Bertz CT molecular complexity index is 1370. The van der Waals surface area contributed by atoms with E-state index < -0.39 is 17.5 Å². The van der Waals surface area contributed by atoms with Crippen LogP contribution in [0, 0.1) is 11.6 Å². The molecule has 5 rings (SSSR count). The minimum Gasteiger partial charge on any atom is -0.366 e. The molecule has 3 aromatic rings. The lowest BCUT2D eigenvalue weighted by Crippen LogP contribution is -2.49. The lowest BCUT2D eigenvalue weighted by molar-refractivity contribution is 0.0731. The van der Waals surface area contributed by atoms with E-state index in [-0.39, 0.29) is 17.4 Å². The molecule has 2 aliphatic rings. The predicted molar refractivity (Wildman–Crippen MR) is 144 cm³/mol. The van der Waals surface area contributed by atoms with E-state index in [0.29, 0.717) is 61.8 Å². The van der Waals surface area contributed by atoms with E-state index >= 15 is 0 Å². The van der Waals surface area contributed by atoms with E-state index in [1.165, 1.54) is 42.5 Å². The highest BCUT2D eigenvalue weighted by Crippen LogP contribution is 2.30. The first-order valence-corrected chi connectivity index (χ1v) is 12.9. The van der Waals surface area contributed by atoms with Crippen molar-refractivity contribution in [2.45, 2.75) is 0 Å². The summed E-state index contributed by atoms with van der Waals surface area (Å²) in [6, 6.07) is 16.1. The number of carbonyl (C=O) groups excluding carboxylic acids is 3. The Morgan fingerprint density at radius 2 is 1.28 bits per heavy atom. The summed E-state index contributed by atoms with van der Waals surface area (Å²) < 4.78 is 27.0. The molecule has 202 valence electrons. The summed E-state index contributed by atoms with van der Waals surface area (Å²) in [6.07, 6.45) is 0. The molecule has 3 aromatic carbocycles. The number of halogens is 2. The molecule has 2 saturated heterocycles. The van der Waals surface area contributed by atoms with Gasteiger partial charge in [0, 0.05) is 69.0 Å². The summed E-state index contributed by atoms with van der Waals surface area (Å²) in [5.74, 6) is -1.69. The number of hydrogen-bond acceptors (Lipinski definition) is 5. The first-order chi connectivity index (χ1) is 18.9. The quantitative estimate of drug-likeness (QED) is 0.526. The van der Waals surface area contributed by atoms with Crippen LogP contribution in [0.25, 0.3) is 0 Å². The van der Waals surface area contributed by atoms with Crippen LogP contribution in [0.2, 0.25) is 0 Å². The van der Waals surface area contributed by atoms with Crippen LogP contribution < -0.4 is 15.5 Å². The van der Waals surface area contributed by atoms with Gasteiger partial charge in [-0.05, 0) is 60.7 Å². The molecule has 0 bridgehead atoms. The van der Waals surface area contributed by atoms with E-state index in [1.54, 1.807) is 34.1 Å². The van der Waals surface area contributed by atoms with Crippen LogP contribution in [-0.4, -0.2) is 79.9 Å². The fourth-order valence-corrected chi connectivity index (χ4v) is 4.85. The zero-order valence-electron chi connectivity index (χ0n) is 21.3. The maximum absolute atomic E-state index is 13.6. The molecule has 3 amide bonds. The second-order valence-corrected chi connectivity index (χ2v) is 9.52. The number of benzene rings is 3. The van der Waals surface area contributed by atoms with Gasteiger partial charge in [-0.15, -0.1) is 0 Å². The van der Waals surface area contributed by atoms with Gasteiger partial charge < -0.3 is 25.3 Å². The SMILES string of the molecule is O=C(Nc1cc(C(=O)N2CCNCC2)ccc1N1CCN(C(=O)c2cccc(F)c2)CC1)c1ccc(F)cc1. The fourth-order valence-electron chi connectivity index (χ4n) is 4.85. The van der Waals surface area contributed by atoms with Gasteiger partial charge in [0.25, 0.3) is 17.7 Å². The van der Waals surface area contributed by atoms with E-state index in [2.05, 4.69) is 10.6 Å². The fraction of sp³-hybridized carbons (Fsp3) is 0.276. The van der Waals surface area contributed by atoms with Gasteiger partial charge in [0.1, 0.15) is 11.6 Å². The summed E-state index contributed by atoms with van der Waals surface area (Å²) >= 11 is 0. The molecule has 0 unspecified atom stereocenters. The van der Waals surface area contributed by atoms with Crippen LogP contribution >= 0.6 is 0 Å². The van der Waals surface area contributed by atoms with Crippen molar-refractivity contribution in [1.82, 2.24) is 15.1 Å². The number of nitrogens with zero attached hydrogens (tertiary/aromatic N) is 3. The molecular weight excluding hydrogens is 504 g/mol. The third kappa shape index (κ3) is 6.06. The van der Waals surface area contributed by atoms with Gasteiger partial charge in [-0.3, -0.25) is 14.4 Å². The Kier molecular flexibility index (Phi) is 7.83. The Morgan fingerprint density at radius 1 is 0.667 bits per heavy atom. The number of carbonyl (C=O) groups is 3. The molecule has 0 spiro atoms.